The van der Waals surface area contributed by atoms with Crippen LogP contribution in [-0.4, -0.2) is 21.3 Å². The molecule has 0 spiro atoms. The molecule has 0 nitrogen and oxygen atoms in total. The van der Waals surface area contributed by atoms with Crippen molar-refractivity contribution in [1.82, 2.24) is 0 Å². The molecule has 0 heterocycles. The molecule has 0 bridgehead atoms. The van der Waals surface area contributed by atoms with Crippen LogP contribution in [0.1, 0.15) is 77.0 Å². The van der Waals surface area contributed by atoms with Crippen molar-refractivity contribution in [3.05, 3.63) is 0 Å². The fraction of sp³-hybridized carbons (Fsp3) is 1.00. The minimum Gasteiger partial charge on any atom is -0.152 e. The largest absolute Gasteiger partial charge is 0.152 e. The van der Waals surface area contributed by atoms with Crippen LogP contribution in [0.3, 0.4) is 0 Å². The van der Waals surface area contributed by atoms with Crippen LogP contribution in [0.4, 0.5) is 0 Å². The normalized spacial score (nSPS) is 38.8. The molecule has 0 amide bonds. The van der Waals surface area contributed by atoms with E-state index in [0.717, 1.165) is 0 Å². The van der Waals surface area contributed by atoms with Crippen LogP contribution in [0, 0.1) is 0 Å². The van der Waals surface area contributed by atoms with Gasteiger partial charge < -0.3 is 0 Å². The van der Waals surface area contributed by atoms with E-state index in [2.05, 4.69) is 11.8 Å². The first-order valence-corrected chi connectivity index (χ1v) is 10.0. The number of halogens is 2. The fourth-order valence-corrected chi connectivity index (χ4v) is 5.93. The van der Waals surface area contributed by atoms with Gasteiger partial charge in [0.2, 0.25) is 0 Å². The third kappa shape index (κ3) is 5.67. The predicted octanol–water partition coefficient (Wildman–Crippen LogP) is 6.38. The Kier molecular flexibility index (Phi) is 7.77. The van der Waals surface area contributed by atoms with Gasteiger partial charge in [0.25, 0.3) is 0 Å². The molecule has 4 unspecified atom stereocenters. The van der Waals surface area contributed by atoms with Crippen LogP contribution in [0.5, 0.6) is 0 Å². The Labute approximate surface area is 133 Å². The molecule has 0 radical (unpaired) electrons. The molecule has 0 aliphatic heterocycles. The van der Waals surface area contributed by atoms with Crippen LogP contribution in [0.2, 0.25) is 0 Å². The Hall–Kier alpha value is 0.930. The summed E-state index contributed by atoms with van der Waals surface area (Å²) < 4.78 is 0. The molecule has 19 heavy (non-hydrogen) atoms. The lowest BCUT2D eigenvalue weighted by Crippen LogP contribution is -2.27. The van der Waals surface area contributed by atoms with E-state index in [0.29, 0.717) is 21.3 Å². The molecule has 3 heteroatoms. The maximum absolute atomic E-state index is 6.64. The molecule has 2 aliphatic rings. The lowest BCUT2D eigenvalue weighted by Gasteiger charge is -2.31. The minimum absolute atomic E-state index is 0.375. The summed E-state index contributed by atoms with van der Waals surface area (Å²) in [5.74, 6) is 0. The number of alkyl halides is 2. The summed E-state index contributed by atoms with van der Waals surface area (Å²) in [7, 11) is 0. The second kappa shape index (κ2) is 9.05. The summed E-state index contributed by atoms with van der Waals surface area (Å²) in [6.07, 6.45) is 15.9. The van der Waals surface area contributed by atoms with E-state index in [1.54, 1.807) is 0 Å². The van der Waals surface area contributed by atoms with Crippen molar-refractivity contribution in [2.75, 3.05) is 0 Å². The number of thioether (sulfide) groups is 1. The fourth-order valence-electron chi connectivity index (χ4n) is 3.34. The predicted molar refractivity (Wildman–Crippen MR) is 89.9 cm³/mol. The lowest BCUT2D eigenvalue weighted by molar-refractivity contribution is 0.502. The zero-order valence-electron chi connectivity index (χ0n) is 12.0. The molecule has 0 saturated heterocycles. The molecule has 0 aromatic carbocycles. The van der Waals surface area contributed by atoms with E-state index >= 15 is 0 Å². The summed E-state index contributed by atoms with van der Waals surface area (Å²) >= 11 is 15.4. The van der Waals surface area contributed by atoms with Gasteiger partial charge in [-0.3, -0.25) is 0 Å². The van der Waals surface area contributed by atoms with Crippen LogP contribution >= 0.6 is 35.0 Å². The van der Waals surface area contributed by atoms with Crippen LogP contribution in [0.25, 0.3) is 0 Å². The molecular weight excluding hydrogens is 295 g/mol. The average molecular weight is 323 g/mol. The Morgan fingerprint density at radius 3 is 1.32 bits per heavy atom. The molecule has 112 valence electrons. The topological polar surface area (TPSA) is 0 Å². The van der Waals surface area contributed by atoms with E-state index in [4.69, 9.17) is 23.2 Å². The molecule has 0 N–H and O–H groups in total. The molecule has 2 saturated carbocycles. The van der Waals surface area contributed by atoms with Crippen molar-refractivity contribution in [3.8, 4) is 0 Å². The van der Waals surface area contributed by atoms with Gasteiger partial charge in [-0.15, -0.1) is 23.2 Å². The highest BCUT2D eigenvalue weighted by atomic mass is 35.5. The summed E-state index contributed by atoms with van der Waals surface area (Å²) in [5.41, 5.74) is 0. The molecule has 2 rings (SSSR count). The van der Waals surface area contributed by atoms with Crippen LogP contribution in [-0.2, 0) is 0 Å². The summed E-state index contributed by atoms with van der Waals surface area (Å²) in [4.78, 5) is 0. The standard InChI is InChI=1S/C16H28Cl2S/c17-13-9-5-1-3-7-11-15(13)19-16-12-8-4-2-6-10-14(16)18/h13-16H,1-12H2. The van der Waals surface area contributed by atoms with Gasteiger partial charge >= 0.3 is 0 Å². The maximum atomic E-state index is 6.64. The van der Waals surface area contributed by atoms with Crippen molar-refractivity contribution in [2.24, 2.45) is 0 Å². The van der Waals surface area contributed by atoms with Gasteiger partial charge in [0, 0.05) is 21.3 Å². The Bertz CT molecular complexity index is 223. The maximum Gasteiger partial charge on any atom is 0.0454 e. The quantitative estimate of drug-likeness (QED) is 0.531. The third-order valence-electron chi connectivity index (χ3n) is 4.59. The van der Waals surface area contributed by atoms with E-state index in [1.807, 2.05) is 0 Å². The zero-order chi connectivity index (χ0) is 13.5. The lowest BCUT2D eigenvalue weighted by atomic mass is 9.99. The molecular formula is C16H28Cl2S. The van der Waals surface area contributed by atoms with Crippen molar-refractivity contribution in [1.29, 1.82) is 0 Å². The smallest absolute Gasteiger partial charge is 0.0454 e. The summed E-state index contributed by atoms with van der Waals surface area (Å²) in [6, 6.07) is 0. The molecule has 0 aromatic heterocycles. The summed E-state index contributed by atoms with van der Waals surface area (Å²) in [6.45, 7) is 0. The van der Waals surface area contributed by atoms with Gasteiger partial charge in [-0.1, -0.05) is 51.4 Å². The van der Waals surface area contributed by atoms with E-state index in [-0.39, 0.29) is 0 Å². The average Bonchev–Trinajstić information content (AvgIpc) is 2.37. The first kappa shape index (κ1) is 16.3. The number of hydrogen-bond acceptors (Lipinski definition) is 1. The van der Waals surface area contributed by atoms with Crippen molar-refractivity contribution >= 4 is 35.0 Å². The first-order chi connectivity index (χ1) is 9.27. The van der Waals surface area contributed by atoms with Crippen LogP contribution in [0.15, 0.2) is 0 Å². The third-order valence-corrected chi connectivity index (χ3v) is 7.76. The second-order valence-corrected chi connectivity index (χ2v) is 8.83. The highest BCUT2D eigenvalue weighted by Crippen LogP contribution is 2.38. The van der Waals surface area contributed by atoms with Crippen LogP contribution < -0.4 is 0 Å². The number of hydrogen-bond donors (Lipinski definition) is 0. The Morgan fingerprint density at radius 2 is 0.895 bits per heavy atom. The second-order valence-electron chi connectivity index (χ2n) is 6.23. The molecule has 4 atom stereocenters. The number of rotatable bonds is 2. The Morgan fingerprint density at radius 1 is 0.526 bits per heavy atom. The Balaban J connectivity index is 1.87. The van der Waals surface area contributed by atoms with Crippen molar-refractivity contribution in [2.45, 2.75) is 98.3 Å². The van der Waals surface area contributed by atoms with Gasteiger partial charge in [0.15, 0.2) is 0 Å². The van der Waals surface area contributed by atoms with Gasteiger partial charge in [-0.25, -0.2) is 0 Å². The SMILES string of the molecule is ClC1CCCCCCC1SC1CCCCCCC1Cl. The van der Waals surface area contributed by atoms with Gasteiger partial charge in [0.05, 0.1) is 0 Å². The van der Waals surface area contributed by atoms with Gasteiger partial charge in [-0.2, -0.15) is 11.8 Å². The molecule has 2 aliphatic carbocycles. The monoisotopic (exact) mass is 322 g/mol. The molecule has 0 aromatic rings. The van der Waals surface area contributed by atoms with Gasteiger partial charge in [0.1, 0.15) is 0 Å². The highest BCUT2D eigenvalue weighted by molar-refractivity contribution is 8.00. The van der Waals surface area contributed by atoms with Gasteiger partial charge in [-0.05, 0) is 25.7 Å². The minimum atomic E-state index is 0.375. The first-order valence-electron chi connectivity index (χ1n) is 8.21. The zero-order valence-corrected chi connectivity index (χ0v) is 14.3. The van der Waals surface area contributed by atoms with Crippen molar-refractivity contribution in [3.63, 3.8) is 0 Å². The summed E-state index contributed by atoms with van der Waals surface area (Å²) in [5, 5.41) is 2.04. The molecule has 2 fully saturated rings. The van der Waals surface area contributed by atoms with E-state index in [1.165, 1.54) is 77.0 Å². The highest BCUT2D eigenvalue weighted by Gasteiger charge is 2.28. The van der Waals surface area contributed by atoms with Crippen molar-refractivity contribution < 1.29 is 0 Å². The van der Waals surface area contributed by atoms with E-state index in [9.17, 15) is 0 Å². The van der Waals surface area contributed by atoms with E-state index < -0.39 is 0 Å².